The number of halogens is 1. The van der Waals surface area contributed by atoms with E-state index < -0.39 is 6.04 Å². The molecule has 0 aliphatic rings. The highest BCUT2D eigenvalue weighted by Gasteiger charge is 2.30. The molecule has 0 unspecified atom stereocenters. The molecule has 0 fully saturated rings. The van der Waals surface area contributed by atoms with Crippen LogP contribution in [0.5, 0.6) is 11.5 Å². The molecule has 184 valence electrons. The number of ether oxygens (including phenoxy) is 2. The number of benzene rings is 3. The number of nitrogens with zero attached hydrogens (tertiary/aromatic N) is 1. The molecule has 0 radical (unpaired) electrons. The van der Waals surface area contributed by atoms with Gasteiger partial charge in [0.25, 0.3) is 5.91 Å². The summed E-state index contributed by atoms with van der Waals surface area (Å²) in [5.41, 5.74) is 1.63. The van der Waals surface area contributed by atoms with Crippen LogP contribution >= 0.6 is 0 Å². The summed E-state index contributed by atoms with van der Waals surface area (Å²) in [6, 6.07) is 21.7. The third-order valence-corrected chi connectivity index (χ3v) is 5.51. The number of nitrogens with one attached hydrogen (secondary N) is 1. The lowest BCUT2D eigenvalue weighted by Gasteiger charge is -2.31. The number of para-hydroxylation sites is 2. The maximum Gasteiger partial charge on any atom is 0.261 e. The Morgan fingerprint density at radius 2 is 1.57 bits per heavy atom. The van der Waals surface area contributed by atoms with E-state index in [1.54, 1.807) is 30.3 Å². The molecule has 0 saturated heterocycles. The molecule has 7 heteroatoms. The Labute approximate surface area is 205 Å². The Kier molecular flexibility index (Phi) is 9.66. The quantitative estimate of drug-likeness (QED) is 0.420. The highest BCUT2D eigenvalue weighted by atomic mass is 19.1. The van der Waals surface area contributed by atoms with Crippen LogP contribution in [0.4, 0.5) is 4.39 Å². The van der Waals surface area contributed by atoms with Crippen LogP contribution in [0.1, 0.15) is 24.5 Å². The standard InChI is InChI=1S/C28H31FN2O4/c1-3-17-30-28(33)24(18-21-9-5-4-6-10-21)31(19-22-13-15-23(29)16-14-22)27(32)20-35-26-12-8-7-11-25(26)34-2/h4-16,24H,3,17-20H2,1-2H3,(H,30,33)/t24-/m1/s1. The predicted octanol–water partition coefficient (Wildman–Crippen LogP) is 4.38. The zero-order chi connectivity index (χ0) is 25.0. The first-order valence-electron chi connectivity index (χ1n) is 11.6. The van der Waals surface area contributed by atoms with Gasteiger partial charge in [-0.2, -0.15) is 0 Å². The lowest BCUT2D eigenvalue weighted by atomic mass is 10.0. The van der Waals surface area contributed by atoms with Gasteiger partial charge in [0.2, 0.25) is 5.91 Å². The summed E-state index contributed by atoms with van der Waals surface area (Å²) in [5.74, 6) is -0.0454. The maximum atomic E-state index is 13.5. The number of methoxy groups -OCH3 is 1. The Balaban J connectivity index is 1.89. The minimum atomic E-state index is -0.775. The molecule has 0 spiro atoms. The molecular formula is C28H31FN2O4. The third-order valence-electron chi connectivity index (χ3n) is 5.51. The molecule has 1 N–H and O–H groups in total. The summed E-state index contributed by atoms with van der Waals surface area (Å²) in [6.07, 6.45) is 1.10. The lowest BCUT2D eigenvalue weighted by molar-refractivity contribution is -0.142. The van der Waals surface area contributed by atoms with E-state index in [2.05, 4.69) is 5.32 Å². The predicted molar refractivity (Wildman–Crippen MR) is 133 cm³/mol. The zero-order valence-electron chi connectivity index (χ0n) is 20.1. The van der Waals surface area contributed by atoms with Gasteiger partial charge in [0, 0.05) is 19.5 Å². The van der Waals surface area contributed by atoms with Crippen molar-refractivity contribution in [2.75, 3.05) is 20.3 Å². The molecule has 3 aromatic carbocycles. The average molecular weight is 479 g/mol. The number of rotatable bonds is 12. The first-order valence-corrected chi connectivity index (χ1v) is 11.6. The molecule has 3 rings (SSSR count). The van der Waals surface area contributed by atoms with Gasteiger partial charge in [-0.3, -0.25) is 9.59 Å². The van der Waals surface area contributed by atoms with Gasteiger partial charge in [-0.15, -0.1) is 0 Å². The number of amides is 2. The molecule has 2 amide bonds. The van der Waals surface area contributed by atoms with Crippen LogP contribution in [-0.2, 0) is 22.6 Å². The second-order valence-corrected chi connectivity index (χ2v) is 8.08. The Morgan fingerprint density at radius 1 is 0.914 bits per heavy atom. The van der Waals surface area contributed by atoms with E-state index in [0.717, 1.165) is 12.0 Å². The molecule has 35 heavy (non-hydrogen) atoms. The van der Waals surface area contributed by atoms with Crippen molar-refractivity contribution in [2.24, 2.45) is 0 Å². The third kappa shape index (κ3) is 7.57. The van der Waals surface area contributed by atoms with E-state index in [4.69, 9.17) is 9.47 Å². The van der Waals surface area contributed by atoms with Crippen LogP contribution in [0.3, 0.4) is 0 Å². The molecule has 0 bridgehead atoms. The Hall–Kier alpha value is -3.87. The van der Waals surface area contributed by atoms with Crippen LogP contribution in [0, 0.1) is 5.82 Å². The highest BCUT2D eigenvalue weighted by Crippen LogP contribution is 2.26. The topological polar surface area (TPSA) is 67.9 Å². The fourth-order valence-electron chi connectivity index (χ4n) is 3.67. The van der Waals surface area contributed by atoms with E-state index in [1.165, 1.54) is 24.1 Å². The van der Waals surface area contributed by atoms with Crippen molar-refractivity contribution in [2.45, 2.75) is 32.4 Å². The summed E-state index contributed by atoms with van der Waals surface area (Å²) in [4.78, 5) is 28.2. The van der Waals surface area contributed by atoms with Gasteiger partial charge in [0.15, 0.2) is 18.1 Å². The van der Waals surface area contributed by atoms with Crippen LogP contribution in [0.2, 0.25) is 0 Å². The number of hydrogen-bond acceptors (Lipinski definition) is 4. The highest BCUT2D eigenvalue weighted by molar-refractivity contribution is 5.88. The molecule has 0 heterocycles. The normalized spacial score (nSPS) is 11.4. The van der Waals surface area contributed by atoms with Gasteiger partial charge >= 0.3 is 0 Å². The zero-order valence-corrected chi connectivity index (χ0v) is 20.1. The smallest absolute Gasteiger partial charge is 0.261 e. The summed E-state index contributed by atoms with van der Waals surface area (Å²) < 4.78 is 24.6. The molecule has 0 aromatic heterocycles. The monoisotopic (exact) mass is 478 g/mol. The van der Waals surface area contributed by atoms with Crippen LogP contribution < -0.4 is 14.8 Å². The second kappa shape index (κ2) is 13.1. The van der Waals surface area contributed by atoms with Gasteiger partial charge < -0.3 is 19.7 Å². The molecule has 0 saturated carbocycles. The van der Waals surface area contributed by atoms with E-state index in [9.17, 15) is 14.0 Å². The van der Waals surface area contributed by atoms with Crippen molar-refractivity contribution in [3.05, 3.63) is 95.8 Å². The number of hydrogen-bond donors (Lipinski definition) is 1. The minimum absolute atomic E-state index is 0.130. The number of carbonyl (C=O) groups is 2. The Bertz CT molecular complexity index is 1090. The first-order chi connectivity index (χ1) is 17.0. The van der Waals surface area contributed by atoms with Gasteiger partial charge in [0.05, 0.1) is 7.11 Å². The average Bonchev–Trinajstić information content (AvgIpc) is 2.89. The van der Waals surface area contributed by atoms with E-state index >= 15 is 0 Å². The fraction of sp³-hybridized carbons (Fsp3) is 0.286. The molecule has 0 aliphatic carbocycles. The van der Waals surface area contributed by atoms with E-state index in [1.807, 2.05) is 43.3 Å². The summed E-state index contributed by atoms with van der Waals surface area (Å²) in [6.45, 7) is 2.31. The van der Waals surface area contributed by atoms with E-state index in [-0.39, 0.29) is 30.8 Å². The summed E-state index contributed by atoms with van der Waals surface area (Å²) in [7, 11) is 1.53. The van der Waals surface area contributed by atoms with E-state index in [0.29, 0.717) is 30.0 Å². The van der Waals surface area contributed by atoms with Crippen molar-refractivity contribution in [1.29, 1.82) is 0 Å². The summed E-state index contributed by atoms with van der Waals surface area (Å²) in [5, 5.41) is 2.92. The molecular weight excluding hydrogens is 447 g/mol. The second-order valence-electron chi connectivity index (χ2n) is 8.08. The first kappa shape index (κ1) is 25.7. The fourth-order valence-corrected chi connectivity index (χ4v) is 3.67. The van der Waals surface area contributed by atoms with Crippen molar-refractivity contribution < 1.29 is 23.5 Å². The van der Waals surface area contributed by atoms with Crippen molar-refractivity contribution in [1.82, 2.24) is 10.2 Å². The lowest BCUT2D eigenvalue weighted by Crippen LogP contribution is -2.51. The van der Waals surface area contributed by atoms with Gasteiger partial charge in [0.1, 0.15) is 11.9 Å². The van der Waals surface area contributed by atoms with Crippen molar-refractivity contribution in [3.8, 4) is 11.5 Å². The Morgan fingerprint density at radius 3 is 2.23 bits per heavy atom. The van der Waals surface area contributed by atoms with Gasteiger partial charge in [-0.05, 0) is 41.8 Å². The largest absolute Gasteiger partial charge is 0.493 e. The number of carbonyl (C=O) groups excluding carboxylic acids is 2. The van der Waals surface area contributed by atoms with Crippen LogP contribution in [0.15, 0.2) is 78.9 Å². The molecule has 6 nitrogen and oxygen atoms in total. The van der Waals surface area contributed by atoms with Gasteiger partial charge in [-0.25, -0.2) is 4.39 Å². The van der Waals surface area contributed by atoms with Crippen molar-refractivity contribution >= 4 is 11.8 Å². The minimum Gasteiger partial charge on any atom is -0.493 e. The SMILES string of the molecule is CCCNC(=O)[C@@H](Cc1ccccc1)N(Cc1ccc(F)cc1)C(=O)COc1ccccc1OC. The summed E-state index contributed by atoms with van der Waals surface area (Å²) >= 11 is 0. The molecule has 0 aliphatic heterocycles. The maximum absolute atomic E-state index is 13.5. The molecule has 1 atom stereocenters. The van der Waals surface area contributed by atoms with Crippen molar-refractivity contribution in [3.63, 3.8) is 0 Å². The molecule has 3 aromatic rings. The van der Waals surface area contributed by atoms with Gasteiger partial charge in [-0.1, -0.05) is 61.5 Å². The van der Waals surface area contributed by atoms with Crippen LogP contribution in [0.25, 0.3) is 0 Å². The van der Waals surface area contributed by atoms with Crippen LogP contribution in [-0.4, -0.2) is 43.0 Å².